The van der Waals surface area contributed by atoms with Crippen molar-refractivity contribution in [2.75, 3.05) is 0 Å². The minimum Gasteiger partial charge on any atom is -0.324 e. The van der Waals surface area contributed by atoms with E-state index in [9.17, 15) is 4.39 Å². The number of thiophene rings is 1. The number of rotatable bonds is 3. The lowest BCUT2D eigenvalue weighted by Crippen LogP contribution is -2.13. The van der Waals surface area contributed by atoms with Gasteiger partial charge in [0.1, 0.15) is 5.82 Å². The Labute approximate surface area is 120 Å². The second-order valence-corrected chi connectivity index (χ2v) is 7.08. The Morgan fingerprint density at radius 1 is 1.24 bits per heavy atom. The number of hydrogen-bond donors (Lipinski definition) is 1. The molecule has 2 aromatic rings. The van der Waals surface area contributed by atoms with Gasteiger partial charge in [0.05, 0.1) is 3.79 Å². The van der Waals surface area contributed by atoms with Gasteiger partial charge < -0.3 is 5.73 Å². The summed E-state index contributed by atoms with van der Waals surface area (Å²) < 4.78 is 14.8. The molecule has 5 heteroatoms. The highest BCUT2D eigenvalue weighted by molar-refractivity contribution is 9.11. The highest BCUT2D eigenvalue weighted by Gasteiger charge is 2.12. The summed E-state index contributed by atoms with van der Waals surface area (Å²) in [5, 5.41) is 0. The first-order chi connectivity index (χ1) is 8.06. The highest BCUT2D eigenvalue weighted by Crippen LogP contribution is 2.29. The van der Waals surface area contributed by atoms with Gasteiger partial charge in [-0.15, -0.1) is 11.3 Å². The maximum atomic E-state index is 13.0. The first-order valence-corrected chi connectivity index (χ1v) is 7.41. The second kappa shape index (κ2) is 5.61. The fraction of sp³-hybridized carbons (Fsp3) is 0.167. The molecule has 1 nitrogen and oxygen atoms in total. The third-order valence-corrected chi connectivity index (χ3v) is 4.74. The van der Waals surface area contributed by atoms with Crippen LogP contribution in [0, 0.1) is 5.82 Å². The molecule has 1 aromatic heterocycles. The molecule has 0 saturated heterocycles. The van der Waals surface area contributed by atoms with Crippen LogP contribution in [0.1, 0.15) is 16.5 Å². The van der Waals surface area contributed by atoms with E-state index in [1.54, 1.807) is 17.4 Å². The standard InChI is InChI=1S/C12H10Br2FNS/c13-10-5-7(15)1-3-9(10)11(16)6-8-2-4-12(14)17-8/h1-5,11H,6,16H2. The molecule has 0 aliphatic carbocycles. The third-order valence-electron chi connectivity index (χ3n) is 2.41. The quantitative estimate of drug-likeness (QED) is 0.826. The van der Waals surface area contributed by atoms with E-state index in [4.69, 9.17) is 5.73 Å². The van der Waals surface area contributed by atoms with Crippen LogP contribution in [0.5, 0.6) is 0 Å². The Balaban J connectivity index is 2.17. The molecular formula is C12H10Br2FNS. The Hall–Kier alpha value is -0.230. The molecule has 1 aromatic carbocycles. The lowest BCUT2D eigenvalue weighted by atomic mass is 10.0. The van der Waals surface area contributed by atoms with Crippen LogP contribution in [0.15, 0.2) is 38.6 Å². The Bertz CT molecular complexity index is 527. The van der Waals surface area contributed by atoms with Crippen molar-refractivity contribution in [3.63, 3.8) is 0 Å². The van der Waals surface area contributed by atoms with E-state index < -0.39 is 0 Å². The molecule has 0 aliphatic rings. The first kappa shape index (κ1) is 13.2. The van der Waals surface area contributed by atoms with Gasteiger partial charge in [-0.05, 0) is 45.8 Å². The van der Waals surface area contributed by atoms with Crippen LogP contribution in [-0.2, 0) is 6.42 Å². The van der Waals surface area contributed by atoms with Crippen LogP contribution in [-0.4, -0.2) is 0 Å². The van der Waals surface area contributed by atoms with E-state index in [-0.39, 0.29) is 11.9 Å². The number of benzene rings is 1. The minimum atomic E-state index is -0.258. The van der Waals surface area contributed by atoms with Crippen LogP contribution >= 0.6 is 43.2 Å². The topological polar surface area (TPSA) is 26.0 Å². The van der Waals surface area contributed by atoms with Crippen molar-refractivity contribution >= 4 is 43.2 Å². The van der Waals surface area contributed by atoms with Gasteiger partial charge in [0, 0.05) is 21.8 Å². The zero-order valence-electron chi connectivity index (χ0n) is 8.79. The van der Waals surface area contributed by atoms with Crippen LogP contribution in [0.3, 0.4) is 0 Å². The largest absolute Gasteiger partial charge is 0.324 e. The SMILES string of the molecule is NC(Cc1ccc(Br)s1)c1ccc(F)cc1Br. The first-order valence-electron chi connectivity index (χ1n) is 5.01. The van der Waals surface area contributed by atoms with Crippen molar-refractivity contribution in [2.24, 2.45) is 5.73 Å². The van der Waals surface area contributed by atoms with Crippen molar-refractivity contribution in [2.45, 2.75) is 12.5 Å². The third kappa shape index (κ3) is 3.37. The Kier molecular flexibility index (Phi) is 4.36. The fourth-order valence-electron chi connectivity index (χ4n) is 1.59. The van der Waals surface area contributed by atoms with Crippen molar-refractivity contribution in [3.8, 4) is 0 Å². The highest BCUT2D eigenvalue weighted by atomic mass is 79.9. The second-order valence-electron chi connectivity index (χ2n) is 3.68. The summed E-state index contributed by atoms with van der Waals surface area (Å²) in [7, 11) is 0. The molecule has 0 spiro atoms. The Morgan fingerprint density at radius 3 is 2.59 bits per heavy atom. The molecule has 0 fully saturated rings. The molecule has 0 radical (unpaired) electrons. The molecule has 1 unspecified atom stereocenters. The maximum absolute atomic E-state index is 13.0. The van der Waals surface area contributed by atoms with Gasteiger partial charge in [-0.3, -0.25) is 0 Å². The minimum absolute atomic E-state index is 0.129. The summed E-state index contributed by atoms with van der Waals surface area (Å²) in [5.41, 5.74) is 7.05. The van der Waals surface area contributed by atoms with Gasteiger partial charge in [-0.25, -0.2) is 4.39 Å². The average molecular weight is 379 g/mol. The average Bonchev–Trinajstić information content (AvgIpc) is 2.63. The van der Waals surface area contributed by atoms with Gasteiger partial charge >= 0.3 is 0 Å². The monoisotopic (exact) mass is 377 g/mol. The molecule has 0 amide bonds. The van der Waals surface area contributed by atoms with Gasteiger partial charge in [-0.2, -0.15) is 0 Å². The van der Waals surface area contributed by atoms with Crippen molar-refractivity contribution < 1.29 is 4.39 Å². The van der Waals surface area contributed by atoms with Gasteiger partial charge in [0.15, 0.2) is 0 Å². The van der Waals surface area contributed by atoms with Crippen LogP contribution in [0.4, 0.5) is 4.39 Å². The van der Waals surface area contributed by atoms with E-state index in [1.165, 1.54) is 17.0 Å². The Morgan fingerprint density at radius 2 is 2.00 bits per heavy atom. The smallest absolute Gasteiger partial charge is 0.124 e. The predicted molar refractivity (Wildman–Crippen MR) is 76.8 cm³/mol. The molecule has 2 N–H and O–H groups in total. The molecule has 0 aliphatic heterocycles. The lowest BCUT2D eigenvalue weighted by molar-refractivity contribution is 0.623. The normalized spacial score (nSPS) is 12.7. The summed E-state index contributed by atoms with van der Waals surface area (Å²) in [5.74, 6) is -0.258. The van der Waals surface area contributed by atoms with Crippen molar-refractivity contribution in [3.05, 3.63) is 54.8 Å². The molecule has 0 bridgehead atoms. The summed E-state index contributed by atoms with van der Waals surface area (Å²) >= 11 is 8.43. The van der Waals surface area contributed by atoms with E-state index in [2.05, 4.69) is 31.9 Å². The van der Waals surface area contributed by atoms with Crippen LogP contribution < -0.4 is 5.73 Å². The van der Waals surface area contributed by atoms with E-state index in [0.29, 0.717) is 0 Å². The van der Waals surface area contributed by atoms with Gasteiger partial charge in [0.25, 0.3) is 0 Å². The lowest BCUT2D eigenvalue weighted by Gasteiger charge is -2.12. The fourth-order valence-corrected chi connectivity index (χ4v) is 3.78. The summed E-state index contributed by atoms with van der Waals surface area (Å²) in [6.45, 7) is 0. The van der Waals surface area contributed by atoms with Crippen LogP contribution in [0.2, 0.25) is 0 Å². The maximum Gasteiger partial charge on any atom is 0.124 e. The summed E-state index contributed by atoms with van der Waals surface area (Å²) in [4.78, 5) is 1.21. The number of nitrogens with two attached hydrogens (primary N) is 1. The molecule has 1 heterocycles. The van der Waals surface area contributed by atoms with Crippen molar-refractivity contribution in [1.29, 1.82) is 0 Å². The zero-order chi connectivity index (χ0) is 12.4. The molecule has 0 saturated carbocycles. The predicted octanol–water partition coefficient (Wildman–Crippen LogP) is 4.65. The van der Waals surface area contributed by atoms with E-state index >= 15 is 0 Å². The molecule has 1 atom stereocenters. The molecule has 17 heavy (non-hydrogen) atoms. The molecular weight excluding hydrogens is 369 g/mol. The van der Waals surface area contributed by atoms with Crippen molar-refractivity contribution in [1.82, 2.24) is 0 Å². The number of hydrogen-bond acceptors (Lipinski definition) is 2. The van der Waals surface area contributed by atoms with Gasteiger partial charge in [0.2, 0.25) is 0 Å². The molecule has 90 valence electrons. The van der Waals surface area contributed by atoms with Crippen LogP contribution in [0.25, 0.3) is 0 Å². The van der Waals surface area contributed by atoms with Gasteiger partial charge in [-0.1, -0.05) is 22.0 Å². The summed E-state index contributed by atoms with van der Waals surface area (Å²) in [6, 6.07) is 8.53. The zero-order valence-corrected chi connectivity index (χ0v) is 12.8. The number of halogens is 3. The molecule has 2 rings (SSSR count). The van der Waals surface area contributed by atoms with E-state index in [1.807, 2.05) is 12.1 Å². The summed E-state index contributed by atoms with van der Waals surface area (Å²) in [6.07, 6.45) is 0.750. The van der Waals surface area contributed by atoms with E-state index in [0.717, 1.165) is 20.2 Å².